The fourth-order valence-electron chi connectivity index (χ4n) is 6.06. The summed E-state index contributed by atoms with van der Waals surface area (Å²) in [7, 11) is 0. The summed E-state index contributed by atoms with van der Waals surface area (Å²) in [6, 6.07) is 26.3. The summed E-state index contributed by atoms with van der Waals surface area (Å²) in [6.07, 6.45) is 9.50. The summed E-state index contributed by atoms with van der Waals surface area (Å²) in [6.45, 7) is 3.35. The van der Waals surface area contributed by atoms with Gasteiger partial charge in [0.25, 0.3) is 0 Å². The van der Waals surface area contributed by atoms with Gasteiger partial charge in [-0.05, 0) is 74.5 Å². The zero-order chi connectivity index (χ0) is 25.0. The molecule has 0 saturated carbocycles. The van der Waals surface area contributed by atoms with Crippen LogP contribution < -0.4 is 5.73 Å². The number of unbranched alkanes of at least 4 members (excludes halogenated alkanes) is 1. The molecule has 1 unspecified atom stereocenters. The van der Waals surface area contributed by atoms with Crippen LogP contribution in [0.2, 0.25) is 0 Å². The molecule has 1 atom stereocenters. The Labute approximate surface area is 219 Å². The maximum atomic E-state index is 5.89. The van der Waals surface area contributed by atoms with Gasteiger partial charge in [0.15, 0.2) is 0 Å². The van der Waals surface area contributed by atoms with Gasteiger partial charge in [-0.2, -0.15) is 0 Å². The minimum Gasteiger partial charge on any atom is -0.334 e. The Morgan fingerprint density at radius 2 is 1.73 bits per heavy atom. The van der Waals surface area contributed by atoms with E-state index in [1.54, 1.807) is 0 Å². The Balaban J connectivity index is 1.45. The average Bonchev–Trinajstić information content (AvgIpc) is 3.27. The second-order valence-corrected chi connectivity index (χ2v) is 10.2. The molecule has 0 amide bonds. The Hall–Kier alpha value is -3.54. The van der Waals surface area contributed by atoms with E-state index < -0.39 is 0 Å². The number of aryl methyl sites for hydroxylation is 1. The number of fused-ring (bicyclic) bond motifs is 4. The molecule has 0 spiro atoms. The van der Waals surface area contributed by atoms with Crippen LogP contribution in [-0.2, 0) is 19.5 Å². The number of pyridine rings is 2. The smallest absolute Gasteiger partial charge is 0.0787 e. The van der Waals surface area contributed by atoms with E-state index in [1.165, 1.54) is 45.0 Å². The van der Waals surface area contributed by atoms with Gasteiger partial charge in [0.05, 0.1) is 22.9 Å². The van der Waals surface area contributed by atoms with E-state index in [0.29, 0.717) is 6.04 Å². The minimum absolute atomic E-state index is 0.312. The van der Waals surface area contributed by atoms with E-state index in [4.69, 9.17) is 15.7 Å². The zero-order valence-electron chi connectivity index (χ0n) is 21.4. The lowest BCUT2D eigenvalue weighted by molar-refractivity contribution is 0.161. The molecule has 2 aromatic carbocycles. The van der Waals surface area contributed by atoms with Crippen LogP contribution in [0.5, 0.6) is 0 Å². The highest BCUT2D eigenvalue weighted by Crippen LogP contribution is 2.36. The summed E-state index contributed by atoms with van der Waals surface area (Å²) in [4.78, 5) is 12.5. The molecule has 5 nitrogen and oxygen atoms in total. The maximum absolute atomic E-state index is 5.89. The summed E-state index contributed by atoms with van der Waals surface area (Å²) < 4.78 is 2.47. The molecule has 37 heavy (non-hydrogen) atoms. The average molecular weight is 490 g/mol. The van der Waals surface area contributed by atoms with Crippen LogP contribution in [-0.4, -0.2) is 32.5 Å². The van der Waals surface area contributed by atoms with Crippen molar-refractivity contribution in [3.63, 3.8) is 0 Å². The normalized spacial score (nSPS) is 15.5. The van der Waals surface area contributed by atoms with Crippen LogP contribution in [0.1, 0.15) is 54.2 Å². The van der Waals surface area contributed by atoms with Crippen molar-refractivity contribution in [2.45, 2.75) is 51.2 Å². The van der Waals surface area contributed by atoms with Crippen LogP contribution >= 0.6 is 0 Å². The monoisotopic (exact) mass is 489 g/mol. The Kier molecular flexibility index (Phi) is 6.98. The summed E-state index contributed by atoms with van der Waals surface area (Å²) in [5, 5.41) is 2.57. The molecule has 0 fully saturated rings. The van der Waals surface area contributed by atoms with E-state index in [2.05, 4.69) is 82.3 Å². The van der Waals surface area contributed by atoms with Gasteiger partial charge in [-0.3, -0.25) is 14.9 Å². The van der Waals surface area contributed by atoms with Crippen molar-refractivity contribution < 1.29 is 0 Å². The molecule has 0 radical (unpaired) electrons. The first kappa shape index (κ1) is 23.8. The fraction of sp³-hybridized carbons (Fsp3) is 0.312. The van der Waals surface area contributed by atoms with Gasteiger partial charge in [0.2, 0.25) is 0 Å². The highest BCUT2D eigenvalue weighted by Gasteiger charge is 2.28. The third-order valence-corrected chi connectivity index (χ3v) is 7.80. The minimum atomic E-state index is 0.312. The molecule has 3 heterocycles. The maximum Gasteiger partial charge on any atom is 0.0787 e. The quantitative estimate of drug-likeness (QED) is 0.249. The lowest BCUT2D eigenvalue weighted by Crippen LogP contribution is -2.33. The number of hydrogen-bond acceptors (Lipinski definition) is 4. The molecule has 0 saturated heterocycles. The predicted octanol–water partition coefficient (Wildman–Crippen LogP) is 6.25. The van der Waals surface area contributed by atoms with Gasteiger partial charge in [0.1, 0.15) is 0 Å². The first-order valence-corrected chi connectivity index (χ1v) is 13.6. The van der Waals surface area contributed by atoms with Crippen molar-refractivity contribution >= 4 is 21.8 Å². The number of rotatable bonds is 9. The van der Waals surface area contributed by atoms with Crippen molar-refractivity contribution in [2.75, 3.05) is 13.1 Å². The Morgan fingerprint density at radius 1 is 0.865 bits per heavy atom. The largest absolute Gasteiger partial charge is 0.334 e. The van der Waals surface area contributed by atoms with Crippen LogP contribution in [0, 0.1) is 0 Å². The topological polar surface area (TPSA) is 60.0 Å². The Morgan fingerprint density at radius 3 is 2.62 bits per heavy atom. The molecule has 5 heteroatoms. The fourth-order valence-corrected chi connectivity index (χ4v) is 6.06. The molecule has 6 rings (SSSR count). The second kappa shape index (κ2) is 10.8. The van der Waals surface area contributed by atoms with Crippen molar-refractivity contribution in [1.82, 2.24) is 19.4 Å². The predicted molar refractivity (Wildman–Crippen MR) is 151 cm³/mol. The van der Waals surface area contributed by atoms with Gasteiger partial charge in [-0.25, -0.2) is 0 Å². The van der Waals surface area contributed by atoms with Gasteiger partial charge in [-0.15, -0.1) is 0 Å². The standard InChI is InChI=1S/C32H35N5/c33-18-6-7-21-36(30-16-8-12-25-13-9-19-35-31(25)30)23-28-32-27(17-20-34-28)26-14-4-5-15-29(26)37(32)22-24-10-2-1-3-11-24/h1-5,9-11,13-15,17,19-20,30H,6-8,12,16,18,21-23,33H2. The van der Waals surface area contributed by atoms with Crippen LogP contribution in [0.25, 0.3) is 21.8 Å². The molecule has 5 aromatic rings. The van der Waals surface area contributed by atoms with Gasteiger partial charge < -0.3 is 10.3 Å². The van der Waals surface area contributed by atoms with Crippen LogP contribution in [0.3, 0.4) is 0 Å². The van der Waals surface area contributed by atoms with Crippen molar-refractivity contribution in [2.24, 2.45) is 5.73 Å². The van der Waals surface area contributed by atoms with E-state index in [-0.39, 0.29) is 0 Å². The number of nitrogens with two attached hydrogens (primary N) is 1. The molecular formula is C32H35N5. The zero-order valence-corrected chi connectivity index (χ0v) is 21.4. The molecule has 0 bridgehead atoms. The SMILES string of the molecule is NCCCCN(Cc1nccc2c3ccccc3n(Cc3ccccc3)c12)C1CCCc2cccnc21. The van der Waals surface area contributed by atoms with Gasteiger partial charge in [0, 0.05) is 41.8 Å². The van der Waals surface area contributed by atoms with Crippen molar-refractivity contribution in [1.29, 1.82) is 0 Å². The van der Waals surface area contributed by atoms with Gasteiger partial charge >= 0.3 is 0 Å². The van der Waals surface area contributed by atoms with Crippen LogP contribution in [0.15, 0.2) is 85.2 Å². The number of para-hydroxylation sites is 1. The lowest BCUT2D eigenvalue weighted by atomic mass is 9.90. The van der Waals surface area contributed by atoms with E-state index in [9.17, 15) is 0 Å². The Bertz CT molecular complexity index is 1490. The van der Waals surface area contributed by atoms with Crippen molar-refractivity contribution in [3.05, 3.63) is 108 Å². The first-order chi connectivity index (χ1) is 18.3. The summed E-state index contributed by atoms with van der Waals surface area (Å²) >= 11 is 0. The van der Waals surface area contributed by atoms with E-state index >= 15 is 0 Å². The third kappa shape index (κ3) is 4.77. The number of nitrogens with zero attached hydrogens (tertiary/aromatic N) is 4. The number of benzene rings is 2. The summed E-state index contributed by atoms with van der Waals surface area (Å²) in [5.41, 5.74) is 13.5. The molecule has 1 aliphatic carbocycles. The van der Waals surface area contributed by atoms with Crippen molar-refractivity contribution in [3.8, 4) is 0 Å². The van der Waals surface area contributed by atoms with Gasteiger partial charge in [-0.1, -0.05) is 54.6 Å². The molecule has 3 aromatic heterocycles. The van der Waals surface area contributed by atoms with E-state index in [1.807, 2.05) is 12.4 Å². The second-order valence-electron chi connectivity index (χ2n) is 10.2. The molecule has 188 valence electrons. The lowest BCUT2D eigenvalue weighted by Gasteiger charge is -2.35. The molecule has 0 aliphatic heterocycles. The third-order valence-electron chi connectivity index (χ3n) is 7.80. The highest BCUT2D eigenvalue weighted by atomic mass is 15.2. The molecular weight excluding hydrogens is 454 g/mol. The summed E-state index contributed by atoms with van der Waals surface area (Å²) in [5.74, 6) is 0. The van der Waals surface area contributed by atoms with Crippen LogP contribution in [0.4, 0.5) is 0 Å². The molecule has 2 N–H and O–H groups in total. The number of aromatic nitrogens is 3. The highest BCUT2D eigenvalue weighted by molar-refractivity contribution is 6.08. The molecule has 1 aliphatic rings. The number of hydrogen-bond donors (Lipinski definition) is 1. The van der Waals surface area contributed by atoms with E-state index in [0.717, 1.165) is 57.6 Å². The first-order valence-electron chi connectivity index (χ1n) is 13.6.